The van der Waals surface area contributed by atoms with E-state index in [0.717, 1.165) is 11.3 Å². The Morgan fingerprint density at radius 1 is 1.16 bits per heavy atom. The third kappa shape index (κ3) is 2.96. The van der Waals surface area contributed by atoms with Gasteiger partial charge in [0.05, 0.1) is 16.9 Å². The van der Waals surface area contributed by atoms with Crippen LogP contribution in [0.1, 0.15) is 27.3 Å². The number of hydrogen-bond acceptors (Lipinski definition) is 2. The van der Waals surface area contributed by atoms with E-state index in [1.165, 1.54) is 12.1 Å². The van der Waals surface area contributed by atoms with Crippen LogP contribution in [0.15, 0.2) is 30.3 Å². The molecular formula is C15H15FN2O. The highest BCUT2D eigenvalue weighted by Gasteiger charge is 2.13. The lowest BCUT2D eigenvalue weighted by molar-refractivity contribution is 0.102. The molecule has 1 amide bonds. The van der Waals surface area contributed by atoms with Crippen molar-refractivity contribution in [3.8, 4) is 0 Å². The molecule has 1 N–H and O–H groups in total. The standard InChI is InChI=1S/C15H15FN2O/c1-9-4-6-12(13(16)8-9)15(19)18-14-7-5-10(2)17-11(14)3/h4-8H,1-3H3,(H,18,19). The molecule has 1 aromatic heterocycles. The van der Waals surface area contributed by atoms with Crippen LogP contribution >= 0.6 is 0 Å². The summed E-state index contributed by atoms with van der Waals surface area (Å²) in [4.78, 5) is 16.3. The monoisotopic (exact) mass is 258 g/mol. The summed E-state index contributed by atoms with van der Waals surface area (Å²) in [6, 6.07) is 8.10. The minimum atomic E-state index is -0.518. The smallest absolute Gasteiger partial charge is 0.258 e. The van der Waals surface area contributed by atoms with Crippen molar-refractivity contribution in [2.75, 3.05) is 5.32 Å². The van der Waals surface area contributed by atoms with Crippen molar-refractivity contribution in [3.63, 3.8) is 0 Å². The number of nitrogens with one attached hydrogen (secondary N) is 1. The molecule has 4 heteroatoms. The summed E-state index contributed by atoms with van der Waals surface area (Å²) in [6.45, 7) is 5.45. The minimum absolute atomic E-state index is 0.0329. The van der Waals surface area contributed by atoms with Gasteiger partial charge >= 0.3 is 0 Å². The zero-order valence-corrected chi connectivity index (χ0v) is 11.1. The van der Waals surface area contributed by atoms with E-state index in [1.807, 2.05) is 6.92 Å². The first-order valence-corrected chi connectivity index (χ1v) is 5.99. The van der Waals surface area contributed by atoms with Gasteiger partial charge in [0.15, 0.2) is 0 Å². The van der Waals surface area contributed by atoms with Gasteiger partial charge in [-0.15, -0.1) is 0 Å². The molecule has 2 rings (SSSR count). The summed E-state index contributed by atoms with van der Waals surface area (Å²) in [5.74, 6) is -0.985. The van der Waals surface area contributed by atoms with Crippen molar-refractivity contribution in [2.24, 2.45) is 0 Å². The zero-order chi connectivity index (χ0) is 14.0. The number of hydrogen-bond donors (Lipinski definition) is 1. The second-order valence-corrected chi connectivity index (χ2v) is 4.52. The molecule has 0 fully saturated rings. The summed E-state index contributed by atoms with van der Waals surface area (Å²) in [5.41, 5.74) is 2.99. The maximum atomic E-state index is 13.7. The summed E-state index contributed by atoms with van der Waals surface area (Å²) in [7, 11) is 0. The normalized spacial score (nSPS) is 10.3. The Balaban J connectivity index is 2.25. The minimum Gasteiger partial charge on any atom is -0.320 e. The van der Waals surface area contributed by atoms with E-state index in [9.17, 15) is 9.18 Å². The molecule has 0 aliphatic heterocycles. The molecule has 0 saturated heterocycles. The third-order valence-electron chi connectivity index (χ3n) is 2.84. The summed E-state index contributed by atoms with van der Waals surface area (Å²) in [5, 5.41) is 2.67. The van der Waals surface area contributed by atoms with E-state index >= 15 is 0 Å². The van der Waals surface area contributed by atoms with Gasteiger partial charge in [-0.3, -0.25) is 9.78 Å². The highest BCUT2D eigenvalue weighted by Crippen LogP contribution is 2.16. The van der Waals surface area contributed by atoms with Crippen molar-refractivity contribution in [1.29, 1.82) is 0 Å². The number of halogens is 1. The maximum absolute atomic E-state index is 13.7. The van der Waals surface area contributed by atoms with Gasteiger partial charge in [0.25, 0.3) is 5.91 Å². The van der Waals surface area contributed by atoms with Crippen LogP contribution in [0.3, 0.4) is 0 Å². The number of nitrogens with zero attached hydrogens (tertiary/aromatic N) is 1. The van der Waals surface area contributed by atoms with Gasteiger partial charge in [-0.2, -0.15) is 0 Å². The number of anilines is 1. The zero-order valence-electron chi connectivity index (χ0n) is 11.1. The van der Waals surface area contributed by atoms with Gasteiger partial charge in [-0.1, -0.05) is 6.07 Å². The fraction of sp³-hybridized carbons (Fsp3) is 0.200. The number of carbonyl (C=O) groups is 1. The van der Waals surface area contributed by atoms with Crippen LogP contribution in [0.5, 0.6) is 0 Å². The fourth-order valence-corrected chi connectivity index (χ4v) is 1.81. The number of aromatic nitrogens is 1. The van der Waals surface area contributed by atoms with Gasteiger partial charge in [0, 0.05) is 5.69 Å². The molecule has 0 radical (unpaired) electrons. The molecule has 0 spiro atoms. The van der Waals surface area contributed by atoms with Crippen molar-refractivity contribution < 1.29 is 9.18 Å². The summed E-state index contributed by atoms with van der Waals surface area (Å²) >= 11 is 0. The molecule has 0 saturated carbocycles. The predicted molar refractivity (Wildman–Crippen MR) is 72.8 cm³/mol. The van der Waals surface area contributed by atoms with E-state index in [4.69, 9.17) is 0 Å². The molecule has 98 valence electrons. The van der Waals surface area contributed by atoms with Crippen molar-refractivity contribution in [2.45, 2.75) is 20.8 Å². The predicted octanol–water partition coefficient (Wildman–Crippen LogP) is 3.40. The molecule has 19 heavy (non-hydrogen) atoms. The van der Waals surface area contributed by atoms with Gasteiger partial charge in [0.2, 0.25) is 0 Å². The average Bonchev–Trinajstić information content (AvgIpc) is 2.32. The average molecular weight is 258 g/mol. The highest BCUT2D eigenvalue weighted by atomic mass is 19.1. The third-order valence-corrected chi connectivity index (χ3v) is 2.84. The topological polar surface area (TPSA) is 42.0 Å². The fourth-order valence-electron chi connectivity index (χ4n) is 1.81. The number of amides is 1. The first-order chi connectivity index (χ1) is 8.97. The Morgan fingerprint density at radius 3 is 2.53 bits per heavy atom. The Morgan fingerprint density at radius 2 is 1.89 bits per heavy atom. The van der Waals surface area contributed by atoms with Crippen LogP contribution in [0.4, 0.5) is 10.1 Å². The lowest BCUT2D eigenvalue weighted by Crippen LogP contribution is -2.15. The Hall–Kier alpha value is -2.23. The van der Waals surface area contributed by atoms with Crippen LogP contribution < -0.4 is 5.32 Å². The molecule has 3 nitrogen and oxygen atoms in total. The lowest BCUT2D eigenvalue weighted by Gasteiger charge is -2.09. The number of carbonyl (C=O) groups excluding carboxylic acids is 1. The molecule has 0 aliphatic rings. The van der Waals surface area contributed by atoms with Crippen LogP contribution in [0, 0.1) is 26.6 Å². The molecule has 1 heterocycles. The van der Waals surface area contributed by atoms with E-state index in [0.29, 0.717) is 11.4 Å². The van der Waals surface area contributed by atoms with Crippen LogP contribution in [-0.4, -0.2) is 10.9 Å². The Labute approximate surface area is 111 Å². The SMILES string of the molecule is Cc1ccc(C(=O)Nc2ccc(C)nc2C)c(F)c1. The van der Waals surface area contributed by atoms with Crippen molar-refractivity contribution in [3.05, 3.63) is 58.7 Å². The van der Waals surface area contributed by atoms with Crippen LogP contribution in [-0.2, 0) is 0 Å². The number of rotatable bonds is 2. The van der Waals surface area contributed by atoms with Crippen LogP contribution in [0.25, 0.3) is 0 Å². The highest BCUT2D eigenvalue weighted by molar-refractivity contribution is 6.04. The van der Waals surface area contributed by atoms with E-state index in [2.05, 4.69) is 10.3 Å². The maximum Gasteiger partial charge on any atom is 0.258 e. The molecule has 0 unspecified atom stereocenters. The second-order valence-electron chi connectivity index (χ2n) is 4.52. The summed E-state index contributed by atoms with van der Waals surface area (Å²) in [6.07, 6.45) is 0. The van der Waals surface area contributed by atoms with E-state index < -0.39 is 11.7 Å². The molecule has 0 aliphatic carbocycles. The molecule has 2 aromatic rings. The molecule has 0 bridgehead atoms. The molecule has 0 atom stereocenters. The van der Waals surface area contributed by atoms with Crippen LogP contribution in [0.2, 0.25) is 0 Å². The molecular weight excluding hydrogens is 243 g/mol. The summed E-state index contributed by atoms with van der Waals surface area (Å²) < 4.78 is 13.7. The Kier molecular flexibility index (Phi) is 3.60. The number of pyridine rings is 1. The quantitative estimate of drug-likeness (QED) is 0.897. The van der Waals surface area contributed by atoms with Gasteiger partial charge in [-0.25, -0.2) is 4.39 Å². The van der Waals surface area contributed by atoms with Gasteiger partial charge in [0.1, 0.15) is 5.82 Å². The first kappa shape index (κ1) is 13.2. The lowest BCUT2D eigenvalue weighted by atomic mass is 10.1. The van der Waals surface area contributed by atoms with E-state index in [1.54, 1.807) is 32.0 Å². The van der Waals surface area contributed by atoms with Gasteiger partial charge in [-0.05, 0) is 50.6 Å². The van der Waals surface area contributed by atoms with E-state index in [-0.39, 0.29) is 5.56 Å². The largest absolute Gasteiger partial charge is 0.320 e. The Bertz CT molecular complexity index is 638. The number of aryl methyl sites for hydroxylation is 3. The van der Waals surface area contributed by atoms with Crippen molar-refractivity contribution >= 4 is 11.6 Å². The second kappa shape index (κ2) is 5.18. The van der Waals surface area contributed by atoms with Gasteiger partial charge < -0.3 is 5.32 Å². The van der Waals surface area contributed by atoms with Crippen molar-refractivity contribution in [1.82, 2.24) is 4.98 Å². The molecule has 1 aromatic carbocycles. The first-order valence-electron chi connectivity index (χ1n) is 5.99. The number of benzene rings is 1.